The van der Waals surface area contributed by atoms with Gasteiger partial charge in [-0.05, 0) is 69.1 Å². The summed E-state index contributed by atoms with van der Waals surface area (Å²) in [6.07, 6.45) is 2.95. The molecule has 4 nitrogen and oxygen atoms in total. The molecule has 1 aliphatic rings. The van der Waals surface area contributed by atoms with E-state index in [0.29, 0.717) is 35.1 Å². The number of fused-ring (bicyclic) bond motifs is 1. The lowest BCUT2D eigenvalue weighted by molar-refractivity contribution is 0.0772. The summed E-state index contributed by atoms with van der Waals surface area (Å²) in [5, 5.41) is 3.78. The van der Waals surface area contributed by atoms with Gasteiger partial charge in [0.15, 0.2) is 0 Å². The summed E-state index contributed by atoms with van der Waals surface area (Å²) in [6, 6.07) is 7.54. The maximum Gasteiger partial charge on any atom is 0.257 e. The molecule has 2 amide bonds. The van der Waals surface area contributed by atoms with Gasteiger partial charge in [-0.2, -0.15) is 0 Å². The summed E-state index contributed by atoms with van der Waals surface area (Å²) < 4.78 is 0. The molecule has 2 aromatic rings. The zero-order valence-corrected chi connectivity index (χ0v) is 19.9. The van der Waals surface area contributed by atoms with Gasteiger partial charge in [0, 0.05) is 23.5 Å². The second-order valence-corrected chi connectivity index (χ2v) is 10.4. The van der Waals surface area contributed by atoms with Crippen molar-refractivity contribution in [2.75, 3.05) is 18.4 Å². The lowest BCUT2D eigenvalue weighted by Gasteiger charge is -2.34. The van der Waals surface area contributed by atoms with Gasteiger partial charge in [0.05, 0.1) is 5.56 Å². The van der Waals surface area contributed by atoms with Crippen LogP contribution in [0, 0.1) is 18.3 Å². The Hall–Kier alpha value is -2.14. The number of anilines is 1. The monoisotopic (exact) mass is 426 g/mol. The number of carbonyl (C=O) groups is 2. The Bertz CT molecular complexity index is 918. The van der Waals surface area contributed by atoms with E-state index < -0.39 is 0 Å². The van der Waals surface area contributed by atoms with Gasteiger partial charge in [0.25, 0.3) is 11.8 Å². The summed E-state index contributed by atoms with van der Waals surface area (Å²) in [4.78, 5) is 29.4. The highest BCUT2D eigenvalue weighted by atomic mass is 32.1. The molecule has 1 unspecified atom stereocenters. The second-order valence-electron chi connectivity index (χ2n) is 9.31. The smallest absolute Gasteiger partial charge is 0.257 e. The summed E-state index contributed by atoms with van der Waals surface area (Å²) in [6.45, 7) is 14.2. The van der Waals surface area contributed by atoms with E-state index in [1.807, 2.05) is 49.9 Å². The normalized spacial score (nSPS) is 16.1. The molecule has 0 radical (unpaired) electrons. The van der Waals surface area contributed by atoms with Crippen LogP contribution in [0.5, 0.6) is 0 Å². The summed E-state index contributed by atoms with van der Waals surface area (Å²) in [5.41, 5.74) is 3.82. The van der Waals surface area contributed by atoms with Gasteiger partial charge in [-0.3, -0.25) is 9.59 Å². The fourth-order valence-electron chi connectivity index (χ4n) is 4.19. The number of hydrogen-bond acceptors (Lipinski definition) is 3. The number of aryl methyl sites for hydroxylation is 1. The lowest BCUT2D eigenvalue weighted by Crippen LogP contribution is -2.32. The number of hydrogen-bond donors (Lipinski definition) is 1. The third-order valence-corrected chi connectivity index (χ3v) is 7.47. The molecule has 30 heavy (non-hydrogen) atoms. The minimum atomic E-state index is -0.158. The van der Waals surface area contributed by atoms with E-state index >= 15 is 0 Å². The molecule has 3 rings (SSSR count). The van der Waals surface area contributed by atoms with Crippen molar-refractivity contribution in [3.05, 3.63) is 51.4 Å². The van der Waals surface area contributed by atoms with Crippen molar-refractivity contribution in [3.63, 3.8) is 0 Å². The number of nitrogens with zero attached hydrogens (tertiary/aromatic N) is 1. The van der Waals surface area contributed by atoms with E-state index in [1.165, 1.54) is 4.88 Å². The molecule has 1 aliphatic carbocycles. The van der Waals surface area contributed by atoms with Crippen LogP contribution in [-0.2, 0) is 12.8 Å². The van der Waals surface area contributed by atoms with Gasteiger partial charge in [-0.15, -0.1) is 11.3 Å². The van der Waals surface area contributed by atoms with Gasteiger partial charge in [0.2, 0.25) is 0 Å². The molecule has 1 aromatic carbocycles. The van der Waals surface area contributed by atoms with Crippen molar-refractivity contribution in [2.24, 2.45) is 11.3 Å². The first kappa shape index (κ1) is 22.5. The minimum Gasteiger partial charge on any atom is -0.339 e. The predicted molar refractivity (Wildman–Crippen MR) is 126 cm³/mol. The van der Waals surface area contributed by atoms with Crippen molar-refractivity contribution in [3.8, 4) is 0 Å². The van der Waals surface area contributed by atoms with Gasteiger partial charge in [0.1, 0.15) is 5.00 Å². The van der Waals surface area contributed by atoms with E-state index in [0.717, 1.165) is 30.4 Å². The average molecular weight is 427 g/mol. The number of thiophene rings is 1. The Morgan fingerprint density at radius 3 is 2.33 bits per heavy atom. The first-order chi connectivity index (χ1) is 14.2. The molecule has 0 saturated carbocycles. The van der Waals surface area contributed by atoms with Gasteiger partial charge in [-0.25, -0.2) is 0 Å². The highest BCUT2D eigenvalue weighted by Gasteiger charge is 2.34. The third kappa shape index (κ3) is 4.61. The first-order valence-corrected chi connectivity index (χ1v) is 11.8. The Kier molecular flexibility index (Phi) is 6.71. The average Bonchev–Trinajstić information content (AvgIpc) is 3.05. The molecular weight excluding hydrogens is 392 g/mol. The van der Waals surface area contributed by atoms with Crippen molar-refractivity contribution in [1.29, 1.82) is 0 Å². The van der Waals surface area contributed by atoms with Crippen LogP contribution in [0.1, 0.15) is 77.8 Å². The molecule has 0 aliphatic heterocycles. The van der Waals surface area contributed by atoms with Crippen molar-refractivity contribution >= 4 is 28.2 Å². The molecule has 0 spiro atoms. The predicted octanol–water partition coefficient (Wildman–Crippen LogP) is 5.94. The van der Waals surface area contributed by atoms with E-state index in [1.54, 1.807) is 11.3 Å². The summed E-state index contributed by atoms with van der Waals surface area (Å²) in [7, 11) is 0. The molecule has 162 valence electrons. The highest BCUT2D eigenvalue weighted by Crippen LogP contribution is 2.44. The largest absolute Gasteiger partial charge is 0.339 e. The van der Waals surface area contributed by atoms with Crippen LogP contribution in [0.15, 0.2) is 24.3 Å². The fraction of sp³-hybridized carbons (Fsp3) is 0.520. The molecule has 0 bridgehead atoms. The first-order valence-electron chi connectivity index (χ1n) is 11.0. The molecule has 1 heterocycles. The van der Waals surface area contributed by atoms with Gasteiger partial charge >= 0.3 is 0 Å². The fourth-order valence-corrected chi connectivity index (χ4v) is 5.50. The summed E-state index contributed by atoms with van der Waals surface area (Å²) >= 11 is 1.60. The Balaban J connectivity index is 1.99. The van der Waals surface area contributed by atoms with E-state index in [2.05, 4.69) is 26.1 Å². The topological polar surface area (TPSA) is 49.4 Å². The minimum absolute atomic E-state index is 0.0333. The number of benzene rings is 1. The van der Waals surface area contributed by atoms with Crippen LogP contribution < -0.4 is 5.32 Å². The lowest BCUT2D eigenvalue weighted by atomic mass is 9.72. The zero-order chi connectivity index (χ0) is 22.1. The number of nitrogens with one attached hydrogen (secondary N) is 1. The molecular formula is C25H34N2O2S. The maximum absolute atomic E-state index is 13.4. The second kappa shape index (κ2) is 8.93. The zero-order valence-electron chi connectivity index (χ0n) is 19.1. The van der Waals surface area contributed by atoms with Crippen LogP contribution in [0.25, 0.3) is 0 Å². The van der Waals surface area contributed by atoms with Crippen LogP contribution in [-0.4, -0.2) is 29.8 Å². The number of carbonyl (C=O) groups excluding carboxylic acids is 2. The van der Waals surface area contributed by atoms with Crippen molar-refractivity contribution in [1.82, 2.24) is 4.90 Å². The van der Waals surface area contributed by atoms with Crippen LogP contribution in [0.3, 0.4) is 0 Å². The van der Waals surface area contributed by atoms with Crippen LogP contribution in [0.4, 0.5) is 5.00 Å². The molecule has 0 saturated heterocycles. The van der Waals surface area contributed by atoms with E-state index in [9.17, 15) is 9.59 Å². The van der Waals surface area contributed by atoms with E-state index in [-0.39, 0.29) is 17.2 Å². The molecule has 5 heteroatoms. The van der Waals surface area contributed by atoms with Gasteiger partial charge in [-0.1, -0.05) is 38.5 Å². The molecule has 1 atom stereocenters. The van der Waals surface area contributed by atoms with Gasteiger partial charge < -0.3 is 10.2 Å². The maximum atomic E-state index is 13.4. The number of rotatable bonds is 5. The van der Waals surface area contributed by atoms with Crippen LogP contribution >= 0.6 is 11.3 Å². The van der Waals surface area contributed by atoms with Crippen molar-refractivity contribution in [2.45, 2.75) is 60.8 Å². The summed E-state index contributed by atoms with van der Waals surface area (Å²) in [5.74, 6) is 0.459. The third-order valence-electron chi connectivity index (χ3n) is 6.30. The molecule has 1 N–H and O–H groups in total. The Morgan fingerprint density at radius 1 is 1.13 bits per heavy atom. The Labute approximate surface area is 184 Å². The number of amides is 2. The SMILES string of the molecule is CCN(CC)C(=O)c1c(NC(=O)c2ccc(C)cc2)sc2c1CCC(C(C)(C)C)C2. The Morgan fingerprint density at radius 2 is 1.77 bits per heavy atom. The molecule has 0 fully saturated rings. The standard InChI is InChI=1S/C25H34N2O2S/c1-7-27(8-2)24(29)21-19-14-13-18(25(4,5)6)15-20(19)30-23(21)26-22(28)17-11-9-16(3)10-12-17/h9-12,18H,7-8,13-15H2,1-6H3,(H,26,28). The van der Waals surface area contributed by atoms with E-state index in [4.69, 9.17) is 0 Å². The van der Waals surface area contributed by atoms with Crippen molar-refractivity contribution < 1.29 is 9.59 Å². The highest BCUT2D eigenvalue weighted by molar-refractivity contribution is 7.17. The molecule has 1 aromatic heterocycles. The quantitative estimate of drug-likeness (QED) is 0.643. The van der Waals surface area contributed by atoms with Crippen LogP contribution in [0.2, 0.25) is 0 Å².